The predicted molar refractivity (Wildman–Crippen MR) is 137 cm³/mol. The van der Waals surface area contributed by atoms with E-state index in [0.717, 1.165) is 45.6 Å². The summed E-state index contributed by atoms with van der Waals surface area (Å²) < 4.78 is 11.1. The zero-order valence-corrected chi connectivity index (χ0v) is 20.6. The number of carbonyl (C=O) groups excluding carboxylic acids is 1. The second kappa shape index (κ2) is 15.8. The van der Waals surface area contributed by atoms with Gasteiger partial charge in [0.1, 0.15) is 0 Å². The van der Waals surface area contributed by atoms with Gasteiger partial charge in [0.05, 0.1) is 26.4 Å². The fraction of sp³-hybridized carbons (Fsp3) is 0.583. The normalized spacial score (nSPS) is 13.5. The van der Waals surface area contributed by atoms with Gasteiger partial charge >= 0.3 is 0 Å². The predicted octanol–water partition coefficient (Wildman–Crippen LogP) is 1.37. The van der Waals surface area contributed by atoms with Crippen LogP contribution in [0.4, 0.5) is 17.8 Å². The van der Waals surface area contributed by atoms with Crippen LogP contribution in [0.2, 0.25) is 0 Å². The molecule has 11 heteroatoms. The Hall–Kier alpha value is -3.02. The number of piperazine rings is 1. The first-order valence-corrected chi connectivity index (χ1v) is 12.4. The second-order valence-electron chi connectivity index (χ2n) is 8.07. The van der Waals surface area contributed by atoms with E-state index < -0.39 is 0 Å². The highest BCUT2D eigenvalue weighted by molar-refractivity contribution is 5.94. The molecule has 35 heavy (non-hydrogen) atoms. The van der Waals surface area contributed by atoms with Crippen LogP contribution in [0, 0.1) is 0 Å². The van der Waals surface area contributed by atoms with E-state index in [-0.39, 0.29) is 5.91 Å². The summed E-state index contributed by atoms with van der Waals surface area (Å²) in [6.07, 6.45) is 2.17. The third-order valence-corrected chi connectivity index (χ3v) is 5.31. The molecule has 11 nitrogen and oxygen atoms in total. The largest absolute Gasteiger partial charge is 0.377 e. The number of benzene rings is 1. The Morgan fingerprint density at radius 1 is 0.914 bits per heavy atom. The summed E-state index contributed by atoms with van der Waals surface area (Å²) in [4.78, 5) is 27.8. The third-order valence-electron chi connectivity index (χ3n) is 5.31. The molecule has 0 spiro atoms. The maximum absolute atomic E-state index is 11.9. The van der Waals surface area contributed by atoms with E-state index in [0.29, 0.717) is 62.9 Å². The molecule has 0 atom stereocenters. The Morgan fingerprint density at radius 2 is 1.57 bits per heavy atom. The molecule has 2 heterocycles. The van der Waals surface area contributed by atoms with Gasteiger partial charge in [0.25, 0.3) is 5.91 Å². The van der Waals surface area contributed by atoms with Crippen molar-refractivity contribution in [3.63, 3.8) is 0 Å². The maximum atomic E-state index is 11.9. The molecule has 1 saturated heterocycles. The summed E-state index contributed by atoms with van der Waals surface area (Å²) in [7, 11) is 0. The van der Waals surface area contributed by atoms with Crippen LogP contribution in [0.5, 0.6) is 0 Å². The summed E-state index contributed by atoms with van der Waals surface area (Å²) in [5.74, 6) is 1.73. The third kappa shape index (κ3) is 10.0. The highest BCUT2D eigenvalue weighted by atomic mass is 16.5. The van der Waals surface area contributed by atoms with E-state index in [1.807, 2.05) is 18.2 Å². The van der Waals surface area contributed by atoms with Crippen LogP contribution >= 0.6 is 0 Å². The number of ether oxygens (including phenoxy) is 2. The summed E-state index contributed by atoms with van der Waals surface area (Å²) >= 11 is 0. The number of hydrogen-bond donors (Lipinski definition) is 4. The first kappa shape index (κ1) is 26.6. The van der Waals surface area contributed by atoms with E-state index >= 15 is 0 Å². The lowest BCUT2D eigenvalue weighted by molar-refractivity contribution is 0.0519. The lowest BCUT2D eigenvalue weighted by Crippen LogP contribution is -2.44. The maximum Gasteiger partial charge on any atom is 0.251 e. The minimum atomic E-state index is -0.0984. The van der Waals surface area contributed by atoms with Crippen molar-refractivity contribution in [2.24, 2.45) is 0 Å². The Balaban J connectivity index is 1.30. The fourth-order valence-electron chi connectivity index (χ4n) is 3.39. The number of anilines is 3. The molecular formula is C24H38N8O3. The van der Waals surface area contributed by atoms with Gasteiger partial charge in [-0.15, -0.1) is 0 Å². The molecule has 0 bridgehead atoms. The molecule has 0 aliphatic carbocycles. The molecule has 1 amide bonds. The minimum Gasteiger partial charge on any atom is -0.377 e. The van der Waals surface area contributed by atoms with Crippen molar-refractivity contribution in [3.8, 4) is 0 Å². The molecule has 1 aliphatic heterocycles. The monoisotopic (exact) mass is 486 g/mol. The number of hydrogen-bond acceptors (Lipinski definition) is 10. The van der Waals surface area contributed by atoms with E-state index in [1.54, 1.807) is 12.1 Å². The van der Waals surface area contributed by atoms with Crippen LogP contribution < -0.4 is 26.2 Å². The van der Waals surface area contributed by atoms with Gasteiger partial charge < -0.3 is 35.6 Å². The first-order valence-electron chi connectivity index (χ1n) is 12.4. The Bertz CT molecular complexity index is 865. The highest BCUT2D eigenvalue weighted by Crippen LogP contribution is 2.14. The standard InChI is InChI=1S/C24H38N8O3/c1-2-3-9-27-22-29-23(31-24(30-22)32-14-10-25-11-15-32)28-13-17-35-19-18-34-16-12-26-21(33)20-7-5-4-6-8-20/h4-8,25H,2-3,9-19H2,1H3,(H,26,33)(H2,27,28,29,30,31). The molecule has 3 rings (SSSR count). The molecule has 4 N–H and O–H groups in total. The number of aromatic nitrogens is 3. The van der Waals surface area contributed by atoms with Crippen molar-refractivity contribution < 1.29 is 14.3 Å². The van der Waals surface area contributed by atoms with Crippen LogP contribution in [0.3, 0.4) is 0 Å². The summed E-state index contributed by atoms with van der Waals surface area (Å²) in [5, 5.41) is 12.7. The van der Waals surface area contributed by atoms with Gasteiger partial charge in [-0.2, -0.15) is 15.0 Å². The van der Waals surface area contributed by atoms with Gasteiger partial charge in [0.2, 0.25) is 17.8 Å². The number of amides is 1. The topological polar surface area (TPSA) is 126 Å². The SMILES string of the molecule is CCCCNc1nc(NCCOCCOCCNC(=O)c2ccccc2)nc(N2CCNCC2)n1. The molecule has 192 valence electrons. The van der Waals surface area contributed by atoms with Gasteiger partial charge in [-0.1, -0.05) is 31.5 Å². The highest BCUT2D eigenvalue weighted by Gasteiger charge is 2.16. The molecule has 1 aromatic carbocycles. The number of nitrogens with zero attached hydrogens (tertiary/aromatic N) is 4. The van der Waals surface area contributed by atoms with Crippen molar-refractivity contribution >= 4 is 23.8 Å². The molecule has 2 aromatic rings. The van der Waals surface area contributed by atoms with Crippen molar-refractivity contribution in [2.45, 2.75) is 19.8 Å². The summed E-state index contributed by atoms with van der Waals surface area (Å²) in [5.41, 5.74) is 0.644. The lowest BCUT2D eigenvalue weighted by Gasteiger charge is -2.27. The zero-order valence-electron chi connectivity index (χ0n) is 20.6. The smallest absolute Gasteiger partial charge is 0.251 e. The fourth-order valence-corrected chi connectivity index (χ4v) is 3.39. The number of carbonyl (C=O) groups is 1. The van der Waals surface area contributed by atoms with E-state index in [4.69, 9.17) is 9.47 Å². The molecule has 0 unspecified atom stereocenters. The first-order chi connectivity index (χ1) is 17.3. The van der Waals surface area contributed by atoms with Crippen molar-refractivity contribution in [3.05, 3.63) is 35.9 Å². The Kier molecular flexibility index (Phi) is 12.0. The molecular weight excluding hydrogens is 448 g/mol. The average molecular weight is 487 g/mol. The molecule has 1 fully saturated rings. The average Bonchev–Trinajstić information content (AvgIpc) is 2.90. The number of unbranched alkanes of at least 4 members (excludes halogenated alkanes) is 1. The summed E-state index contributed by atoms with van der Waals surface area (Å²) in [6, 6.07) is 9.13. The van der Waals surface area contributed by atoms with Crippen LogP contribution in [0.15, 0.2) is 30.3 Å². The van der Waals surface area contributed by atoms with Gasteiger partial charge in [-0.05, 0) is 18.6 Å². The zero-order chi connectivity index (χ0) is 24.6. The Labute approximate surface area is 207 Å². The van der Waals surface area contributed by atoms with Crippen LogP contribution in [0.25, 0.3) is 0 Å². The minimum absolute atomic E-state index is 0.0984. The van der Waals surface area contributed by atoms with Crippen LogP contribution in [-0.2, 0) is 9.47 Å². The molecule has 0 saturated carbocycles. The van der Waals surface area contributed by atoms with Crippen LogP contribution in [0.1, 0.15) is 30.1 Å². The Morgan fingerprint density at radius 3 is 2.26 bits per heavy atom. The second-order valence-corrected chi connectivity index (χ2v) is 8.07. The van der Waals surface area contributed by atoms with Crippen molar-refractivity contribution in [1.82, 2.24) is 25.6 Å². The summed E-state index contributed by atoms with van der Waals surface area (Å²) in [6.45, 7) is 9.48. The van der Waals surface area contributed by atoms with Gasteiger partial charge in [-0.3, -0.25) is 4.79 Å². The number of nitrogens with one attached hydrogen (secondary N) is 4. The molecule has 1 aromatic heterocycles. The number of rotatable bonds is 16. The molecule has 1 aliphatic rings. The lowest BCUT2D eigenvalue weighted by atomic mass is 10.2. The van der Waals surface area contributed by atoms with Gasteiger partial charge in [0, 0.05) is 51.4 Å². The van der Waals surface area contributed by atoms with E-state index in [2.05, 4.69) is 48.0 Å². The van der Waals surface area contributed by atoms with Crippen molar-refractivity contribution in [1.29, 1.82) is 0 Å². The van der Waals surface area contributed by atoms with Crippen molar-refractivity contribution in [2.75, 3.05) is 87.8 Å². The van der Waals surface area contributed by atoms with Gasteiger partial charge in [-0.25, -0.2) is 0 Å². The quantitative estimate of drug-likeness (QED) is 0.259. The van der Waals surface area contributed by atoms with Gasteiger partial charge in [0.15, 0.2) is 0 Å². The van der Waals surface area contributed by atoms with E-state index in [9.17, 15) is 4.79 Å². The van der Waals surface area contributed by atoms with Crippen LogP contribution in [-0.4, -0.2) is 93.1 Å². The van der Waals surface area contributed by atoms with E-state index in [1.165, 1.54) is 0 Å². The molecule has 0 radical (unpaired) electrons.